The van der Waals surface area contributed by atoms with E-state index in [2.05, 4.69) is 15.9 Å². The van der Waals surface area contributed by atoms with E-state index in [-0.39, 0.29) is 5.78 Å². The number of ether oxygens (including phenoxy) is 2. The summed E-state index contributed by atoms with van der Waals surface area (Å²) >= 11 is 3.44. The summed E-state index contributed by atoms with van der Waals surface area (Å²) in [5.74, 6) is 1.58. The molecule has 0 saturated carbocycles. The third-order valence-electron chi connectivity index (χ3n) is 3.98. The standard InChI is InChI=1S/C22H25BrO3/c1-25-20-11-6-18(7-12-20)8-15-22(24)19-9-13-21(14-10-19)26-17-5-3-2-4-16-23/h6-15H,2-5,16-17H2,1H3. The predicted octanol–water partition coefficient (Wildman–Crippen LogP) is 5.93. The van der Waals surface area contributed by atoms with Gasteiger partial charge in [0.15, 0.2) is 5.78 Å². The lowest BCUT2D eigenvalue weighted by molar-refractivity contribution is 0.104. The molecule has 0 fully saturated rings. The van der Waals surface area contributed by atoms with Crippen LogP contribution in [0.4, 0.5) is 0 Å². The Morgan fingerprint density at radius 1 is 0.923 bits per heavy atom. The SMILES string of the molecule is COc1ccc(C=CC(=O)c2ccc(OCCCCCCBr)cc2)cc1. The van der Waals surface area contributed by atoms with Gasteiger partial charge < -0.3 is 9.47 Å². The van der Waals surface area contributed by atoms with Crippen molar-refractivity contribution in [2.45, 2.75) is 25.7 Å². The van der Waals surface area contributed by atoms with Crippen LogP contribution in [0.25, 0.3) is 6.08 Å². The molecule has 0 unspecified atom stereocenters. The van der Waals surface area contributed by atoms with Gasteiger partial charge in [-0.3, -0.25) is 4.79 Å². The van der Waals surface area contributed by atoms with E-state index in [4.69, 9.17) is 9.47 Å². The van der Waals surface area contributed by atoms with Gasteiger partial charge in [-0.1, -0.05) is 47.0 Å². The van der Waals surface area contributed by atoms with Gasteiger partial charge in [-0.15, -0.1) is 0 Å². The topological polar surface area (TPSA) is 35.5 Å². The van der Waals surface area contributed by atoms with Gasteiger partial charge in [0.2, 0.25) is 0 Å². The van der Waals surface area contributed by atoms with Gasteiger partial charge in [-0.25, -0.2) is 0 Å². The monoisotopic (exact) mass is 416 g/mol. The first-order chi connectivity index (χ1) is 12.7. The molecule has 2 rings (SSSR count). The number of rotatable bonds is 11. The summed E-state index contributed by atoms with van der Waals surface area (Å²) in [5.41, 5.74) is 1.61. The minimum Gasteiger partial charge on any atom is -0.497 e. The quantitative estimate of drug-likeness (QED) is 0.197. The predicted molar refractivity (Wildman–Crippen MR) is 111 cm³/mol. The van der Waals surface area contributed by atoms with Crippen LogP contribution in [0.5, 0.6) is 11.5 Å². The molecule has 0 bridgehead atoms. The first-order valence-corrected chi connectivity index (χ1v) is 10.0. The van der Waals surface area contributed by atoms with Gasteiger partial charge in [0.1, 0.15) is 11.5 Å². The molecule has 2 aromatic rings. The molecule has 0 N–H and O–H groups in total. The lowest BCUT2D eigenvalue weighted by Crippen LogP contribution is -1.99. The Bertz CT molecular complexity index is 690. The molecule has 0 spiro atoms. The zero-order valence-corrected chi connectivity index (χ0v) is 16.7. The minimum absolute atomic E-state index is 0.0258. The van der Waals surface area contributed by atoms with Crippen LogP contribution in [-0.4, -0.2) is 24.8 Å². The summed E-state index contributed by atoms with van der Waals surface area (Å²) in [6.07, 6.45) is 8.06. The third kappa shape index (κ3) is 7.04. The number of alkyl halides is 1. The number of benzene rings is 2. The summed E-state index contributed by atoms with van der Waals surface area (Å²) in [6, 6.07) is 14.9. The van der Waals surface area contributed by atoms with Gasteiger partial charge in [-0.2, -0.15) is 0 Å². The van der Waals surface area contributed by atoms with Crippen LogP contribution in [0, 0.1) is 0 Å². The van der Waals surface area contributed by atoms with E-state index in [0.717, 1.165) is 28.8 Å². The number of carbonyl (C=O) groups excluding carboxylic acids is 1. The fourth-order valence-corrected chi connectivity index (χ4v) is 2.84. The molecule has 0 aliphatic heterocycles. The van der Waals surface area contributed by atoms with E-state index in [0.29, 0.717) is 12.2 Å². The fraction of sp³-hybridized carbons (Fsp3) is 0.318. The van der Waals surface area contributed by atoms with E-state index >= 15 is 0 Å². The van der Waals surface area contributed by atoms with E-state index < -0.39 is 0 Å². The van der Waals surface area contributed by atoms with Crippen LogP contribution in [-0.2, 0) is 0 Å². The number of hydrogen-bond acceptors (Lipinski definition) is 3. The summed E-state index contributed by atoms with van der Waals surface area (Å²) in [5, 5.41) is 1.07. The molecular weight excluding hydrogens is 392 g/mol. The molecule has 0 aromatic heterocycles. The zero-order valence-electron chi connectivity index (χ0n) is 15.1. The number of ketones is 1. The van der Waals surface area contributed by atoms with Crippen molar-refractivity contribution in [1.82, 2.24) is 0 Å². The summed E-state index contributed by atoms with van der Waals surface area (Å²) < 4.78 is 10.8. The molecule has 4 heteroatoms. The second kappa shape index (κ2) is 11.5. The van der Waals surface area contributed by atoms with Crippen molar-refractivity contribution < 1.29 is 14.3 Å². The van der Waals surface area contributed by atoms with Crippen molar-refractivity contribution in [2.75, 3.05) is 19.0 Å². The first-order valence-electron chi connectivity index (χ1n) is 8.88. The number of methoxy groups -OCH3 is 1. The lowest BCUT2D eigenvalue weighted by Gasteiger charge is -2.06. The van der Waals surface area contributed by atoms with Crippen LogP contribution < -0.4 is 9.47 Å². The Morgan fingerprint density at radius 3 is 2.23 bits per heavy atom. The zero-order chi connectivity index (χ0) is 18.6. The summed E-state index contributed by atoms with van der Waals surface area (Å²) in [6.45, 7) is 0.715. The molecule has 0 heterocycles. The highest BCUT2D eigenvalue weighted by Crippen LogP contribution is 2.15. The molecule has 0 atom stereocenters. The maximum Gasteiger partial charge on any atom is 0.185 e. The van der Waals surface area contributed by atoms with Crippen molar-refractivity contribution in [3.8, 4) is 11.5 Å². The number of unbranched alkanes of at least 4 members (excludes halogenated alkanes) is 3. The summed E-state index contributed by atoms with van der Waals surface area (Å²) in [7, 11) is 1.63. The molecule has 0 aliphatic carbocycles. The van der Waals surface area contributed by atoms with E-state index in [1.807, 2.05) is 36.4 Å². The maximum absolute atomic E-state index is 12.3. The van der Waals surface area contributed by atoms with Crippen molar-refractivity contribution in [1.29, 1.82) is 0 Å². The molecule has 0 radical (unpaired) electrons. The van der Waals surface area contributed by atoms with Crippen molar-refractivity contribution in [2.24, 2.45) is 0 Å². The first kappa shape index (κ1) is 20.2. The van der Waals surface area contributed by atoms with Crippen molar-refractivity contribution in [3.05, 3.63) is 65.7 Å². The highest BCUT2D eigenvalue weighted by Gasteiger charge is 2.02. The Hall–Kier alpha value is -2.07. The minimum atomic E-state index is -0.0258. The van der Waals surface area contributed by atoms with Gasteiger partial charge in [-0.05, 0) is 60.9 Å². The molecule has 0 aliphatic rings. The molecule has 0 saturated heterocycles. The largest absolute Gasteiger partial charge is 0.497 e. The Balaban J connectivity index is 1.80. The smallest absolute Gasteiger partial charge is 0.185 e. The molecule has 0 amide bonds. The van der Waals surface area contributed by atoms with Crippen LogP contribution in [0.2, 0.25) is 0 Å². The molecule has 3 nitrogen and oxygen atoms in total. The van der Waals surface area contributed by atoms with Gasteiger partial charge in [0, 0.05) is 10.9 Å². The van der Waals surface area contributed by atoms with Gasteiger partial charge >= 0.3 is 0 Å². The summed E-state index contributed by atoms with van der Waals surface area (Å²) in [4.78, 5) is 12.3. The average Bonchev–Trinajstić information content (AvgIpc) is 2.69. The lowest BCUT2D eigenvalue weighted by atomic mass is 10.1. The van der Waals surface area contributed by atoms with Crippen LogP contribution in [0.15, 0.2) is 54.6 Å². The Labute approximate surface area is 164 Å². The van der Waals surface area contributed by atoms with Crippen LogP contribution in [0.1, 0.15) is 41.6 Å². The van der Waals surface area contributed by atoms with Gasteiger partial charge in [0.25, 0.3) is 0 Å². The molecule has 138 valence electrons. The highest BCUT2D eigenvalue weighted by atomic mass is 79.9. The Kier molecular flexibility index (Phi) is 8.98. The second-order valence-electron chi connectivity index (χ2n) is 5.95. The number of carbonyl (C=O) groups is 1. The highest BCUT2D eigenvalue weighted by molar-refractivity contribution is 9.09. The van der Waals surface area contributed by atoms with Crippen LogP contribution in [0.3, 0.4) is 0 Å². The molecule has 26 heavy (non-hydrogen) atoms. The van der Waals surface area contributed by atoms with E-state index in [1.165, 1.54) is 19.3 Å². The van der Waals surface area contributed by atoms with Gasteiger partial charge in [0.05, 0.1) is 13.7 Å². The third-order valence-corrected chi connectivity index (χ3v) is 4.54. The van der Waals surface area contributed by atoms with Crippen LogP contribution >= 0.6 is 15.9 Å². The maximum atomic E-state index is 12.3. The second-order valence-corrected chi connectivity index (χ2v) is 6.74. The van der Waals surface area contributed by atoms with E-state index in [1.54, 1.807) is 31.4 Å². The Morgan fingerprint density at radius 2 is 1.58 bits per heavy atom. The number of halogens is 1. The normalized spacial score (nSPS) is 10.8. The molecular formula is C22H25BrO3. The van der Waals surface area contributed by atoms with Crippen molar-refractivity contribution in [3.63, 3.8) is 0 Å². The van der Waals surface area contributed by atoms with E-state index in [9.17, 15) is 4.79 Å². The number of allylic oxidation sites excluding steroid dienone is 1. The average molecular weight is 417 g/mol. The molecule has 2 aromatic carbocycles. The fourth-order valence-electron chi connectivity index (χ4n) is 2.44. The number of hydrogen-bond donors (Lipinski definition) is 0. The van der Waals surface area contributed by atoms with Crippen molar-refractivity contribution >= 4 is 27.8 Å².